The topological polar surface area (TPSA) is 132 Å². The number of pyridine rings is 1. The third-order valence-electron chi connectivity index (χ3n) is 5.66. The van der Waals surface area contributed by atoms with Crippen LogP contribution in [-0.4, -0.2) is 50.9 Å². The minimum Gasteiger partial charge on any atom is -0.384 e. The van der Waals surface area contributed by atoms with E-state index in [4.69, 9.17) is 4.74 Å². The highest BCUT2D eigenvalue weighted by Crippen LogP contribution is 2.41. The SMILES string of the molecule is COCCC(=O)Nc1nnc(C2CCC(Cc3ccc(NC(=O)Cc4ccccn4)nn3)C2)s1. The highest BCUT2D eigenvalue weighted by Gasteiger charge is 2.29. The summed E-state index contributed by atoms with van der Waals surface area (Å²) in [5.41, 5.74) is 1.60. The summed E-state index contributed by atoms with van der Waals surface area (Å²) in [5, 5.41) is 23.9. The van der Waals surface area contributed by atoms with Gasteiger partial charge in [-0.2, -0.15) is 5.10 Å². The second kappa shape index (κ2) is 11.7. The summed E-state index contributed by atoms with van der Waals surface area (Å²) in [6.45, 7) is 0.378. The molecular formula is C23H27N7O3S. The lowest BCUT2D eigenvalue weighted by molar-refractivity contribution is -0.117. The van der Waals surface area contributed by atoms with E-state index in [0.29, 0.717) is 41.5 Å². The standard InChI is InChI=1S/C23H27N7O3S/c1-33-11-9-20(31)26-23-30-29-22(34-23)16-6-5-15(12-16)13-18-7-8-19(28-27-18)25-21(32)14-17-4-2-3-10-24-17/h2-4,7-8,10,15-16H,5-6,9,11-14H2,1H3,(H,25,28,32)(H,26,30,31). The Bertz CT molecular complexity index is 1090. The second-order valence-corrected chi connectivity index (χ2v) is 9.28. The first-order chi connectivity index (χ1) is 16.6. The number of nitrogens with zero attached hydrogens (tertiary/aromatic N) is 5. The first-order valence-electron chi connectivity index (χ1n) is 11.2. The molecule has 1 aliphatic rings. The summed E-state index contributed by atoms with van der Waals surface area (Å²) in [6.07, 6.45) is 6.08. The van der Waals surface area contributed by atoms with Gasteiger partial charge in [0.05, 0.1) is 25.1 Å². The van der Waals surface area contributed by atoms with Crippen LogP contribution in [0.1, 0.15) is 48.0 Å². The Hall–Kier alpha value is -3.31. The number of hydrogen-bond acceptors (Lipinski definition) is 9. The Kier molecular flexibility index (Phi) is 8.21. The number of anilines is 2. The molecule has 2 N–H and O–H groups in total. The lowest BCUT2D eigenvalue weighted by atomic mass is 10.00. The number of rotatable bonds is 10. The summed E-state index contributed by atoms with van der Waals surface area (Å²) in [4.78, 5) is 28.2. The number of nitrogens with one attached hydrogen (secondary N) is 2. The lowest BCUT2D eigenvalue weighted by Gasteiger charge is -2.09. The maximum absolute atomic E-state index is 12.2. The van der Waals surface area contributed by atoms with Crippen molar-refractivity contribution in [2.45, 2.75) is 44.4 Å². The normalized spacial score (nSPS) is 17.4. The predicted molar refractivity (Wildman–Crippen MR) is 127 cm³/mol. The molecule has 34 heavy (non-hydrogen) atoms. The van der Waals surface area contributed by atoms with E-state index in [2.05, 4.69) is 36.0 Å². The van der Waals surface area contributed by atoms with Crippen molar-refractivity contribution >= 4 is 34.1 Å². The van der Waals surface area contributed by atoms with Crippen LogP contribution in [0.3, 0.4) is 0 Å². The van der Waals surface area contributed by atoms with Gasteiger partial charge in [0, 0.05) is 24.9 Å². The molecule has 1 saturated carbocycles. The monoisotopic (exact) mass is 481 g/mol. The molecule has 0 saturated heterocycles. The van der Waals surface area contributed by atoms with Crippen molar-refractivity contribution in [2.24, 2.45) is 5.92 Å². The van der Waals surface area contributed by atoms with Crippen LogP contribution in [-0.2, 0) is 27.2 Å². The smallest absolute Gasteiger partial charge is 0.231 e. The number of carbonyl (C=O) groups is 2. The van der Waals surface area contributed by atoms with E-state index < -0.39 is 0 Å². The Morgan fingerprint density at radius 3 is 2.71 bits per heavy atom. The summed E-state index contributed by atoms with van der Waals surface area (Å²) in [7, 11) is 1.57. The minimum atomic E-state index is -0.175. The molecule has 10 nitrogen and oxygen atoms in total. The van der Waals surface area contributed by atoms with E-state index in [0.717, 1.165) is 36.4 Å². The molecule has 178 valence electrons. The van der Waals surface area contributed by atoms with Crippen LogP contribution in [0.5, 0.6) is 0 Å². The molecule has 2 unspecified atom stereocenters. The molecule has 0 spiro atoms. The summed E-state index contributed by atoms with van der Waals surface area (Å²) < 4.78 is 4.92. The van der Waals surface area contributed by atoms with E-state index in [1.807, 2.05) is 24.3 Å². The average molecular weight is 482 g/mol. The first kappa shape index (κ1) is 23.8. The fourth-order valence-corrected chi connectivity index (χ4v) is 4.90. The average Bonchev–Trinajstić information content (AvgIpc) is 3.49. The van der Waals surface area contributed by atoms with Gasteiger partial charge in [-0.25, -0.2) is 0 Å². The number of methoxy groups -OCH3 is 1. The Balaban J connectivity index is 1.24. The number of ether oxygens (including phenoxy) is 1. The van der Waals surface area contributed by atoms with E-state index in [9.17, 15) is 9.59 Å². The zero-order valence-corrected chi connectivity index (χ0v) is 19.8. The van der Waals surface area contributed by atoms with Gasteiger partial charge >= 0.3 is 0 Å². The molecule has 0 aromatic carbocycles. The van der Waals surface area contributed by atoms with Gasteiger partial charge in [-0.05, 0) is 55.9 Å². The fraction of sp³-hybridized carbons (Fsp3) is 0.435. The van der Waals surface area contributed by atoms with Crippen molar-refractivity contribution in [3.8, 4) is 0 Å². The maximum atomic E-state index is 12.2. The molecule has 3 heterocycles. The van der Waals surface area contributed by atoms with E-state index in [-0.39, 0.29) is 18.2 Å². The van der Waals surface area contributed by atoms with E-state index >= 15 is 0 Å². The highest BCUT2D eigenvalue weighted by atomic mass is 32.1. The Morgan fingerprint density at radius 1 is 1.03 bits per heavy atom. The Labute approximate surface area is 201 Å². The van der Waals surface area contributed by atoms with Crippen LogP contribution in [0.2, 0.25) is 0 Å². The molecule has 0 bridgehead atoms. The van der Waals surface area contributed by atoms with Gasteiger partial charge in [-0.15, -0.1) is 15.3 Å². The summed E-state index contributed by atoms with van der Waals surface area (Å²) in [5.74, 6) is 0.954. The van der Waals surface area contributed by atoms with Crippen molar-refractivity contribution in [3.05, 3.63) is 52.9 Å². The van der Waals surface area contributed by atoms with Crippen molar-refractivity contribution in [3.63, 3.8) is 0 Å². The van der Waals surface area contributed by atoms with Gasteiger partial charge in [0.15, 0.2) is 5.82 Å². The second-order valence-electron chi connectivity index (χ2n) is 8.27. The predicted octanol–water partition coefficient (Wildman–Crippen LogP) is 3.01. The molecule has 11 heteroatoms. The van der Waals surface area contributed by atoms with Gasteiger partial charge in [0.2, 0.25) is 16.9 Å². The summed E-state index contributed by atoms with van der Waals surface area (Å²) >= 11 is 1.44. The van der Waals surface area contributed by atoms with Crippen LogP contribution in [0.25, 0.3) is 0 Å². The minimum absolute atomic E-state index is 0.121. The molecule has 3 aromatic heterocycles. The van der Waals surface area contributed by atoms with Crippen molar-refractivity contribution in [2.75, 3.05) is 24.4 Å². The quantitative estimate of drug-likeness (QED) is 0.452. The maximum Gasteiger partial charge on any atom is 0.231 e. The number of carbonyl (C=O) groups excluding carboxylic acids is 2. The zero-order chi connectivity index (χ0) is 23.8. The molecule has 1 aliphatic carbocycles. The molecule has 1 fully saturated rings. The molecule has 0 aliphatic heterocycles. The highest BCUT2D eigenvalue weighted by molar-refractivity contribution is 7.15. The van der Waals surface area contributed by atoms with Crippen LogP contribution < -0.4 is 10.6 Å². The summed E-state index contributed by atoms with van der Waals surface area (Å²) in [6, 6.07) is 9.17. The molecular weight excluding hydrogens is 454 g/mol. The van der Waals surface area contributed by atoms with Gasteiger partial charge in [-0.1, -0.05) is 17.4 Å². The largest absolute Gasteiger partial charge is 0.384 e. The fourth-order valence-electron chi connectivity index (χ4n) is 4.00. The van der Waals surface area contributed by atoms with Gasteiger partial charge in [0.25, 0.3) is 0 Å². The number of amides is 2. The molecule has 4 rings (SSSR count). The van der Waals surface area contributed by atoms with Gasteiger partial charge in [-0.3, -0.25) is 14.6 Å². The van der Waals surface area contributed by atoms with Crippen molar-refractivity contribution < 1.29 is 14.3 Å². The molecule has 0 radical (unpaired) electrons. The van der Waals surface area contributed by atoms with Crippen LogP contribution >= 0.6 is 11.3 Å². The third-order valence-corrected chi connectivity index (χ3v) is 6.66. The van der Waals surface area contributed by atoms with Crippen molar-refractivity contribution in [1.29, 1.82) is 0 Å². The van der Waals surface area contributed by atoms with Crippen LogP contribution in [0.4, 0.5) is 10.9 Å². The first-order valence-corrected chi connectivity index (χ1v) is 12.0. The number of aromatic nitrogens is 5. The lowest BCUT2D eigenvalue weighted by Crippen LogP contribution is -2.16. The molecule has 2 atom stereocenters. The third kappa shape index (κ3) is 6.84. The number of hydrogen-bond donors (Lipinski definition) is 2. The zero-order valence-electron chi connectivity index (χ0n) is 18.9. The van der Waals surface area contributed by atoms with Crippen molar-refractivity contribution in [1.82, 2.24) is 25.4 Å². The Morgan fingerprint density at radius 2 is 1.94 bits per heavy atom. The van der Waals surface area contributed by atoms with Gasteiger partial charge < -0.3 is 15.4 Å². The molecule has 2 amide bonds. The van der Waals surface area contributed by atoms with Gasteiger partial charge in [0.1, 0.15) is 5.01 Å². The van der Waals surface area contributed by atoms with Crippen LogP contribution in [0, 0.1) is 5.92 Å². The van der Waals surface area contributed by atoms with Crippen LogP contribution in [0.15, 0.2) is 36.5 Å². The van der Waals surface area contributed by atoms with E-state index in [1.54, 1.807) is 19.4 Å². The molecule has 3 aromatic rings. The van der Waals surface area contributed by atoms with E-state index in [1.165, 1.54) is 11.3 Å².